The van der Waals surface area contributed by atoms with Gasteiger partial charge in [-0.3, -0.25) is 4.98 Å². The van der Waals surface area contributed by atoms with E-state index in [4.69, 9.17) is 10.2 Å². The molecule has 4 nitrogen and oxygen atoms in total. The fraction of sp³-hybridized carbons (Fsp3) is 0.467. The van der Waals surface area contributed by atoms with Crippen molar-refractivity contribution >= 4 is 0 Å². The Labute approximate surface area is 116 Å². The summed E-state index contributed by atoms with van der Waals surface area (Å²) in [6, 6.07) is 1.68. The van der Waals surface area contributed by atoms with Crippen molar-refractivity contribution < 1.29 is 8.81 Å². The molecule has 5 heteroatoms. The number of aromatic nitrogens is 2. The number of nitrogens with zero attached hydrogens (tertiary/aromatic N) is 2. The van der Waals surface area contributed by atoms with Gasteiger partial charge in [0.2, 0.25) is 5.89 Å². The molecule has 2 aromatic heterocycles. The second kappa shape index (κ2) is 4.38. The molecule has 2 aliphatic rings. The third-order valence-corrected chi connectivity index (χ3v) is 4.10. The zero-order valence-corrected chi connectivity index (χ0v) is 11.1. The van der Waals surface area contributed by atoms with Crippen LogP contribution in [0.5, 0.6) is 0 Å². The quantitative estimate of drug-likeness (QED) is 0.913. The zero-order valence-electron chi connectivity index (χ0n) is 11.1. The van der Waals surface area contributed by atoms with Gasteiger partial charge in [0.15, 0.2) is 5.82 Å². The summed E-state index contributed by atoms with van der Waals surface area (Å²) in [6.07, 6.45) is 6.26. The first kappa shape index (κ1) is 12.0. The summed E-state index contributed by atoms with van der Waals surface area (Å²) < 4.78 is 19.7. The Morgan fingerprint density at radius 2 is 2.15 bits per heavy atom. The summed E-state index contributed by atoms with van der Waals surface area (Å²) in [6.45, 7) is 0. The standard InChI is InChI=1S/C15H16FN3O/c16-10-7-18-12(8-4-5-8)6-9(10)15-19-14-11(17)2-1-3-13(14)20-15/h6-8,11H,1-5,17H2/t11-/m0/s1. The normalized spacial score (nSPS) is 21.8. The van der Waals surface area contributed by atoms with Crippen LogP contribution < -0.4 is 5.73 Å². The highest BCUT2D eigenvalue weighted by Gasteiger charge is 2.28. The Balaban J connectivity index is 1.78. The molecular weight excluding hydrogens is 257 g/mol. The van der Waals surface area contributed by atoms with Gasteiger partial charge >= 0.3 is 0 Å². The first-order valence-corrected chi connectivity index (χ1v) is 7.13. The van der Waals surface area contributed by atoms with Gasteiger partial charge in [-0.15, -0.1) is 0 Å². The molecule has 2 aromatic rings. The van der Waals surface area contributed by atoms with E-state index in [-0.39, 0.29) is 11.9 Å². The third kappa shape index (κ3) is 1.93. The molecule has 0 amide bonds. The molecule has 2 heterocycles. The van der Waals surface area contributed by atoms with Crippen molar-refractivity contribution in [3.05, 3.63) is 35.2 Å². The lowest BCUT2D eigenvalue weighted by molar-refractivity contribution is 0.458. The van der Waals surface area contributed by atoms with E-state index in [0.29, 0.717) is 17.4 Å². The summed E-state index contributed by atoms with van der Waals surface area (Å²) in [4.78, 5) is 8.58. The van der Waals surface area contributed by atoms with Crippen LogP contribution in [0.3, 0.4) is 0 Å². The smallest absolute Gasteiger partial charge is 0.229 e. The number of nitrogens with two attached hydrogens (primary N) is 1. The van der Waals surface area contributed by atoms with Crippen molar-refractivity contribution in [3.8, 4) is 11.5 Å². The lowest BCUT2D eigenvalue weighted by Gasteiger charge is -2.14. The molecule has 2 N–H and O–H groups in total. The molecule has 1 atom stereocenters. The lowest BCUT2D eigenvalue weighted by atomic mass is 9.98. The number of fused-ring (bicyclic) bond motifs is 1. The number of aryl methyl sites for hydroxylation is 1. The molecule has 20 heavy (non-hydrogen) atoms. The fourth-order valence-corrected chi connectivity index (χ4v) is 2.79. The van der Waals surface area contributed by atoms with Crippen LogP contribution in [-0.4, -0.2) is 9.97 Å². The second-order valence-corrected chi connectivity index (χ2v) is 5.69. The molecule has 2 aliphatic carbocycles. The van der Waals surface area contributed by atoms with Crippen LogP contribution >= 0.6 is 0 Å². The number of oxazole rings is 1. The van der Waals surface area contributed by atoms with Crippen LogP contribution in [0.15, 0.2) is 16.7 Å². The summed E-state index contributed by atoms with van der Waals surface area (Å²) in [5, 5.41) is 0. The van der Waals surface area contributed by atoms with Gasteiger partial charge in [-0.25, -0.2) is 9.37 Å². The maximum Gasteiger partial charge on any atom is 0.229 e. The van der Waals surface area contributed by atoms with Crippen molar-refractivity contribution in [3.63, 3.8) is 0 Å². The maximum absolute atomic E-state index is 14.0. The van der Waals surface area contributed by atoms with Gasteiger partial charge in [0, 0.05) is 18.0 Å². The lowest BCUT2D eigenvalue weighted by Crippen LogP contribution is -2.16. The van der Waals surface area contributed by atoms with Crippen LogP contribution in [0.25, 0.3) is 11.5 Å². The highest BCUT2D eigenvalue weighted by Crippen LogP contribution is 2.40. The molecule has 0 bridgehead atoms. The molecule has 0 spiro atoms. The highest BCUT2D eigenvalue weighted by atomic mass is 19.1. The van der Waals surface area contributed by atoms with Gasteiger partial charge < -0.3 is 10.2 Å². The molecule has 1 fully saturated rings. The minimum Gasteiger partial charge on any atom is -0.441 e. The SMILES string of the molecule is N[C@H]1CCCc2oc(-c3cc(C4CC4)ncc3F)nc21. The Morgan fingerprint density at radius 3 is 2.90 bits per heavy atom. The topological polar surface area (TPSA) is 64.9 Å². The van der Waals surface area contributed by atoms with Crippen LogP contribution in [0.2, 0.25) is 0 Å². The Kier molecular flexibility index (Phi) is 2.63. The van der Waals surface area contributed by atoms with E-state index < -0.39 is 0 Å². The molecule has 0 aliphatic heterocycles. The predicted molar refractivity (Wildman–Crippen MR) is 71.5 cm³/mol. The molecular formula is C15H16FN3O. The molecule has 104 valence electrons. The largest absolute Gasteiger partial charge is 0.441 e. The number of pyridine rings is 1. The van der Waals surface area contributed by atoms with Gasteiger partial charge in [0.1, 0.15) is 5.76 Å². The monoisotopic (exact) mass is 273 g/mol. The Bertz CT molecular complexity index is 663. The fourth-order valence-electron chi connectivity index (χ4n) is 2.79. The van der Waals surface area contributed by atoms with Crippen molar-refractivity contribution in [2.24, 2.45) is 5.73 Å². The van der Waals surface area contributed by atoms with E-state index in [2.05, 4.69) is 9.97 Å². The van der Waals surface area contributed by atoms with E-state index in [1.165, 1.54) is 6.20 Å². The number of hydrogen-bond donors (Lipinski definition) is 1. The highest BCUT2D eigenvalue weighted by molar-refractivity contribution is 5.55. The van der Waals surface area contributed by atoms with E-state index >= 15 is 0 Å². The first-order chi connectivity index (χ1) is 9.72. The summed E-state index contributed by atoms with van der Waals surface area (Å²) in [5.41, 5.74) is 8.16. The average molecular weight is 273 g/mol. The van der Waals surface area contributed by atoms with Crippen molar-refractivity contribution in [2.75, 3.05) is 0 Å². The molecule has 0 saturated heterocycles. The first-order valence-electron chi connectivity index (χ1n) is 7.13. The Hall–Kier alpha value is -1.75. The predicted octanol–water partition coefficient (Wildman–Crippen LogP) is 3.09. The Morgan fingerprint density at radius 1 is 1.30 bits per heavy atom. The van der Waals surface area contributed by atoms with Crippen molar-refractivity contribution in [1.82, 2.24) is 9.97 Å². The third-order valence-electron chi connectivity index (χ3n) is 4.10. The van der Waals surface area contributed by atoms with Gasteiger partial charge in [-0.1, -0.05) is 0 Å². The van der Waals surface area contributed by atoms with E-state index in [0.717, 1.165) is 49.3 Å². The van der Waals surface area contributed by atoms with Gasteiger partial charge in [-0.2, -0.15) is 0 Å². The molecule has 1 saturated carbocycles. The molecule has 0 aromatic carbocycles. The number of halogens is 1. The average Bonchev–Trinajstić information content (AvgIpc) is 3.19. The number of rotatable bonds is 2. The zero-order chi connectivity index (χ0) is 13.7. The summed E-state index contributed by atoms with van der Waals surface area (Å²) in [5.74, 6) is 1.24. The van der Waals surface area contributed by atoms with Crippen molar-refractivity contribution in [1.29, 1.82) is 0 Å². The number of hydrogen-bond acceptors (Lipinski definition) is 4. The summed E-state index contributed by atoms with van der Waals surface area (Å²) in [7, 11) is 0. The van der Waals surface area contributed by atoms with Crippen LogP contribution in [0, 0.1) is 5.82 Å². The van der Waals surface area contributed by atoms with Gasteiger partial charge in [-0.05, 0) is 31.7 Å². The van der Waals surface area contributed by atoms with Crippen LogP contribution in [0.1, 0.15) is 54.8 Å². The summed E-state index contributed by atoms with van der Waals surface area (Å²) >= 11 is 0. The van der Waals surface area contributed by atoms with E-state index in [9.17, 15) is 4.39 Å². The van der Waals surface area contributed by atoms with Crippen molar-refractivity contribution in [2.45, 2.75) is 44.1 Å². The minimum absolute atomic E-state index is 0.0935. The van der Waals surface area contributed by atoms with Gasteiger partial charge in [0.25, 0.3) is 0 Å². The van der Waals surface area contributed by atoms with E-state index in [1.807, 2.05) is 0 Å². The van der Waals surface area contributed by atoms with Crippen LogP contribution in [0.4, 0.5) is 4.39 Å². The molecule has 0 unspecified atom stereocenters. The van der Waals surface area contributed by atoms with E-state index in [1.54, 1.807) is 6.07 Å². The second-order valence-electron chi connectivity index (χ2n) is 5.69. The minimum atomic E-state index is -0.387. The van der Waals surface area contributed by atoms with Crippen LogP contribution in [-0.2, 0) is 6.42 Å². The molecule has 4 rings (SSSR count). The molecule has 0 radical (unpaired) electrons. The van der Waals surface area contributed by atoms with Gasteiger partial charge in [0.05, 0.1) is 23.5 Å². The maximum atomic E-state index is 14.0.